The number of rotatable bonds is 8. The highest BCUT2D eigenvalue weighted by Crippen LogP contribution is 2.50. The first-order chi connectivity index (χ1) is 12.4. The molecule has 7 heteroatoms. The maximum Gasteiger partial charge on any atom is 0.421 e. The molecule has 4 nitrogen and oxygen atoms in total. The first-order valence-electron chi connectivity index (χ1n) is 9.18. The van der Waals surface area contributed by atoms with Gasteiger partial charge in [-0.3, -0.25) is 0 Å². The van der Waals surface area contributed by atoms with Crippen molar-refractivity contribution < 1.29 is 23.0 Å². The third kappa shape index (κ3) is 4.75. The Morgan fingerprint density at radius 1 is 1.22 bits per heavy atom. The largest absolute Gasteiger partial charge is 0.496 e. The van der Waals surface area contributed by atoms with Gasteiger partial charge in [-0.1, -0.05) is 13.8 Å². The van der Waals surface area contributed by atoms with Crippen molar-refractivity contribution >= 4 is 12.0 Å². The Morgan fingerprint density at radius 2 is 1.78 bits per heavy atom. The van der Waals surface area contributed by atoms with E-state index in [2.05, 4.69) is 4.99 Å². The predicted molar refractivity (Wildman–Crippen MR) is 103 cm³/mol. The molecule has 1 N–H and O–H groups in total. The van der Waals surface area contributed by atoms with E-state index in [9.17, 15) is 18.3 Å². The summed E-state index contributed by atoms with van der Waals surface area (Å²) in [6.07, 6.45) is -2.82. The van der Waals surface area contributed by atoms with Crippen molar-refractivity contribution in [3.63, 3.8) is 0 Å². The van der Waals surface area contributed by atoms with E-state index >= 15 is 0 Å². The van der Waals surface area contributed by atoms with Crippen LogP contribution in [0, 0.1) is 12.8 Å². The van der Waals surface area contributed by atoms with Crippen LogP contribution < -0.4 is 4.74 Å². The number of hydrogen-bond acceptors (Lipinski definition) is 3. The van der Waals surface area contributed by atoms with E-state index in [1.807, 2.05) is 25.8 Å². The van der Waals surface area contributed by atoms with Gasteiger partial charge in [-0.05, 0) is 45.2 Å². The van der Waals surface area contributed by atoms with Gasteiger partial charge < -0.3 is 14.7 Å². The van der Waals surface area contributed by atoms with E-state index in [-0.39, 0.29) is 30.2 Å². The summed E-state index contributed by atoms with van der Waals surface area (Å²) in [6.45, 7) is 8.97. The maximum atomic E-state index is 14.0. The monoisotopic (exact) mass is 388 g/mol. The van der Waals surface area contributed by atoms with Gasteiger partial charge in [0.25, 0.3) is 0 Å². The van der Waals surface area contributed by atoms with Crippen molar-refractivity contribution in [2.75, 3.05) is 14.2 Å². The Labute approximate surface area is 160 Å². The second kappa shape index (κ2) is 8.95. The third-order valence-corrected chi connectivity index (χ3v) is 5.13. The number of methoxy groups -OCH3 is 1. The number of benzene rings is 1. The number of halogens is 3. The van der Waals surface area contributed by atoms with Crippen LogP contribution in [0.3, 0.4) is 0 Å². The molecule has 1 aromatic rings. The van der Waals surface area contributed by atoms with Crippen LogP contribution in [-0.4, -0.2) is 42.7 Å². The first kappa shape index (κ1) is 23.3. The normalized spacial score (nSPS) is 14.9. The Morgan fingerprint density at radius 3 is 2.19 bits per heavy atom. The van der Waals surface area contributed by atoms with E-state index in [1.165, 1.54) is 19.2 Å². The molecule has 0 fully saturated rings. The van der Waals surface area contributed by atoms with Crippen LogP contribution in [0.15, 0.2) is 17.1 Å². The summed E-state index contributed by atoms with van der Waals surface area (Å²) in [5, 5.41) is 10.8. The molecular weight excluding hydrogens is 357 g/mol. The Hall–Kier alpha value is -1.76. The molecule has 0 spiro atoms. The molecule has 0 bridgehead atoms. The fourth-order valence-corrected chi connectivity index (χ4v) is 3.05. The molecule has 0 aliphatic heterocycles. The van der Waals surface area contributed by atoms with Gasteiger partial charge in [0.05, 0.1) is 19.1 Å². The number of ether oxygens (including phenoxy) is 1. The zero-order valence-electron chi connectivity index (χ0n) is 17.2. The van der Waals surface area contributed by atoms with Gasteiger partial charge in [-0.15, -0.1) is 0 Å². The minimum atomic E-state index is -4.83. The van der Waals surface area contributed by atoms with Crippen LogP contribution in [0.25, 0.3) is 0 Å². The summed E-state index contributed by atoms with van der Waals surface area (Å²) in [5.41, 5.74) is -2.21. The lowest BCUT2D eigenvalue weighted by Gasteiger charge is -2.38. The van der Waals surface area contributed by atoms with Crippen molar-refractivity contribution in [3.8, 4) is 5.75 Å². The second-order valence-electron chi connectivity index (χ2n) is 7.12. The maximum absolute atomic E-state index is 14.0. The minimum absolute atomic E-state index is 0.0216. The topological polar surface area (TPSA) is 45.1 Å². The average Bonchev–Trinajstić information content (AvgIpc) is 2.59. The van der Waals surface area contributed by atoms with Gasteiger partial charge in [0.1, 0.15) is 5.75 Å². The molecule has 0 saturated heterocycles. The van der Waals surface area contributed by atoms with E-state index in [0.717, 1.165) is 0 Å². The highest BCUT2D eigenvalue weighted by molar-refractivity contribution is 5.65. The third-order valence-electron chi connectivity index (χ3n) is 5.13. The lowest BCUT2D eigenvalue weighted by molar-refractivity contribution is -0.288. The molecule has 0 amide bonds. The van der Waals surface area contributed by atoms with Gasteiger partial charge in [0.2, 0.25) is 0 Å². The predicted octanol–water partition coefficient (Wildman–Crippen LogP) is 5.19. The van der Waals surface area contributed by atoms with Crippen LogP contribution in [0.5, 0.6) is 5.75 Å². The SMILES string of the molecule is CCC(CC)C(O)(c1cc(C)c(N=CN(C)C(C)C)cc1OC)C(F)(F)F. The zero-order valence-corrected chi connectivity index (χ0v) is 17.2. The quantitative estimate of drug-likeness (QED) is 0.492. The van der Waals surface area contributed by atoms with Crippen LogP contribution in [0.1, 0.15) is 51.7 Å². The Kier molecular flexibility index (Phi) is 7.72. The Bertz CT molecular complexity index is 655. The molecule has 0 heterocycles. The zero-order chi connectivity index (χ0) is 21.0. The summed E-state index contributed by atoms with van der Waals surface area (Å²) in [4.78, 5) is 6.25. The number of hydrogen-bond donors (Lipinski definition) is 1. The van der Waals surface area contributed by atoms with Crippen LogP contribution in [-0.2, 0) is 5.60 Å². The fraction of sp³-hybridized carbons (Fsp3) is 0.650. The van der Waals surface area contributed by atoms with Gasteiger partial charge in [0.15, 0.2) is 5.60 Å². The lowest BCUT2D eigenvalue weighted by atomic mass is 9.76. The van der Waals surface area contributed by atoms with Crippen molar-refractivity contribution in [1.29, 1.82) is 0 Å². The molecule has 0 aromatic heterocycles. The number of nitrogens with zero attached hydrogens (tertiary/aromatic N) is 2. The van der Waals surface area contributed by atoms with E-state index in [0.29, 0.717) is 11.3 Å². The Balaban J connectivity index is 3.57. The second-order valence-corrected chi connectivity index (χ2v) is 7.12. The van der Waals surface area contributed by atoms with Gasteiger partial charge >= 0.3 is 6.18 Å². The molecule has 1 aromatic carbocycles. The van der Waals surface area contributed by atoms with Crippen molar-refractivity contribution in [2.24, 2.45) is 10.9 Å². The highest BCUT2D eigenvalue weighted by Gasteiger charge is 2.59. The van der Waals surface area contributed by atoms with E-state index in [1.54, 1.807) is 27.1 Å². The number of aliphatic hydroxyl groups is 1. The van der Waals surface area contributed by atoms with E-state index < -0.39 is 17.7 Å². The van der Waals surface area contributed by atoms with Crippen molar-refractivity contribution in [1.82, 2.24) is 4.90 Å². The van der Waals surface area contributed by atoms with Crippen molar-refractivity contribution in [3.05, 3.63) is 23.3 Å². The number of aryl methyl sites for hydroxylation is 1. The average molecular weight is 388 g/mol. The number of aliphatic imine (C=N–C) groups is 1. The molecule has 27 heavy (non-hydrogen) atoms. The van der Waals surface area contributed by atoms with Crippen LogP contribution in [0.2, 0.25) is 0 Å². The van der Waals surface area contributed by atoms with E-state index in [4.69, 9.17) is 4.74 Å². The summed E-state index contributed by atoms with van der Waals surface area (Å²) in [6, 6.07) is 3.03. The molecular formula is C20H31F3N2O2. The summed E-state index contributed by atoms with van der Waals surface area (Å²) >= 11 is 0. The summed E-state index contributed by atoms with van der Waals surface area (Å²) in [5.74, 6) is -1.00. The van der Waals surface area contributed by atoms with Gasteiger partial charge in [-0.2, -0.15) is 13.2 Å². The first-order valence-corrected chi connectivity index (χ1v) is 9.18. The smallest absolute Gasteiger partial charge is 0.421 e. The van der Waals surface area contributed by atoms with Crippen LogP contribution in [0.4, 0.5) is 18.9 Å². The molecule has 154 valence electrons. The highest BCUT2D eigenvalue weighted by atomic mass is 19.4. The molecule has 0 aliphatic rings. The molecule has 0 radical (unpaired) electrons. The number of alkyl halides is 3. The standard InChI is InChI=1S/C20H31F3N2O2/c1-8-15(9-2)19(26,20(21,22)23)16-10-14(5)17(11-18(16)27-7)24-12-25(6)13(3)4/h10-13,15,26H,8-9H2,1-7H3. The molecule has 0 aliphatic carbocycles. The molecule has 1 rings (SSSR count). The molecule has 1 unspecified atom stereocenters. The van der Waals surface area contributed by atoms with Crippen LogP contribution >= 0.6 is 0 Å². The van der Waals surface area contributed by atoms with Crippen molar-refractivity contribution in [2.45, 2.75) is 65.3 Å². The molecule has 1 atom stereocenters. The molecule has 0 saturated carbocycles. The fourth-order valence-electron chi connectivity index (χ4n) is 3.05. The minimum Gasteiger partial charge on any atom is -0.496 e. The van der Waals surface area contributed by atoms with Gasteiger partial charge in [-0.25, -0.2) is 4.99 Å². The summed E-state index contributed by atoms with van der Waals surface area (Å²) < 4.78 is 47.1. The lowest BCUT2D eigenvalue weighted by Crippen LogP contribution is -2.48. The summed E-state index contributed by atoms with van der Waals surface area (Å²) in [7, 11) is 3.16. The van der Waals surface area contributed by atoms with Gasteiger partial charge in [0, 0.05) is 30.6 Å².